The third-order valence-corrected chi connectivity index (χ3v) is 9.80. The fourth-order valence-electron chi connectivity index (χ4n) is 7.58. The minimum Gasteiger partial charge on any atom is -0.456 e. The van der Waals surface area contributed by atoms with Gasteiger partial charge < -0.3 is 9.32 Å². The second kappa shape index (κ2) is 10.6. The maximum atomic E-state index is 6.35. The second-order valence-corrected chi connectivity index (χ2v) is 12.5. The van der Waals surface area contributed by atoms with Gasteiger partial charge in [-0.05, 0) is 109 Å². The molecule has 0 bridgehead atoms. The summed E-state index contributed by atoms with van der Waals surface area (Å²) in [6.45, 7) is 0. The van der Waals surface area contributed by atoms with E-state index < -0.39 is 0 Å². The highest BCUT2D eigenvalue weighted by Gasteiger charge is 2.18. The molecule has 0 radical (unpaired) electrons. The van der Waals surface area contributed by atoms with Crippen molar-refractivity contribution in [2.45, 2.75) is 0 Å². The Labute approximate surface area is 277 Å². The van der Waals surface area contributed by atoms with E-state index in [-0.39, 0.29) is 0 Å². The molecule has 2 nitrogen and oxygen atoms in total. The lowest BCUT2D eigenvalue weighted by Gasteiger charge is -2.26. The van der Waals surface area contributed by atoms with Gasteiger partial charge in [0.05, 0.1) is 0 Å². The van der Waals surface area contributed by atoms with Crippen molar-refractivity contribution in [2.24, 2.45) is 0 Å². The summed E-state index contributed by atoms with van der Waals surface area (Å²) in [6.07, 6.45) is 0. The van der Waals surface area contributed by atoms with Gasteiger partial charge in [-0.3, -0.25) is 0 Å². The number of fused-ring (bicyclic) bond motifs is 11. The number of furan rings is 1. The third kappa shape index (κ3) is 4.13. The Morgan fingerprint density at radius 1 is 0.312 bits per heavy atom. The molecule has 1 aromatic heterocycles. The Kier molecular flexibility index (Phi) is 5.91. The van der Waals surface area contributed by atoms with Crippen LogP contribution in [0, 0.1) is 0 Å². The lowest BCUT2D eigenvalue weighted by Crippen LogP contribution is -2.09. The smallest absolute Gasteiger partial charge is 0.136 e. The highest BCUT2D eigenvalue weighted by atomic mass is 16.3. The summed E-state index contributed by atoms with van der Waals surface area (Å²) in [5, 5.41) is 12.3. The van der Waals surface area contributed by atoms with Crippen molar-refractivity contribution in [1.29, 1.82) is 0 Å². The van der Waals surface area contributed by atoms with Crippen LogP contribution in [0.2, 0.25) is 0 Å². The maximum absolute atomic E-state index is 6.35. The zero-order valence-corrected chi connectivity index (χ0v) is 26.1. The van der Waals surface area contributed by atoms with Crippen LogP contribution in [0.1, 0.15) is 0 Å². The molecule has 0 N–H and O–H groups in total. The number of rotatable bonds is 4. The summed E-state index contributed by atoms with van der Waals surface area (Å²) >= 11 is 0. The van der Waals surface area contributed by atoms with Crippen LogP contribution in [0.15, 0.2) is 180 Å². The van der Waals surface area contributed by atoms with E-state index in [0.29, 0.717) is 0 Å². The minimum atomic E-state index is 0.917. The molecule has 0 spiro atoms. The van der Waals surface area contributed by atoms with Crippen LogP contribution in [0.4, 0.5) is 17.1 Å². The van der Waals surface area contributed by atoms with Gasteiger partial charge in [0.15, 0.2) is 0 Å². The molecule has 0 unspecified atom stereocenters. The summed E-state index contributed by atoms with van der Waals surface area (Å²) in [4.78, 5) is 2.36. The van der Waals surface area contributed by atoms with E-state index in [0.717, 1.165) is 33.6 Å². The highest BCUT2D eigenvalue weighted by molar-refractivity contribution is 6.34. The predicted octanol–water partition coefficient (Wildman–Crippen LogP) is 13.3. The monoisotopic (exact) mass is 611 g/mol. The Morgan fingerprint density at radius 3 is 1.77 bits per heavy atom. The molecule has 224 valence electrons. The number of hydrogen-bond donors (Lipinski definition) is 0. The summed E-state index contributed by atoms with van der Waals surface area (Å²) < 4.78 is 6.35. The molecule has 10 aromatic rings. The Balaban J connectivity index is 1.19. The predicted molar refractivity (Wildman–Crippen MR) is 204 cm³/mol. The molecule has 0 saturated heterocycles. The van der Waals surface area contributed by atoms with Gasteiger partial charge in [-0.25, -0.2) is 0 Å². The number of nitrogens with zero attached hydrogens (tertiary/aromatic N) is 1. The summed E-state index contributed by atoms with van der Waals surface area (Å²) in [5.74, 6) is 0. The number of anilines is 3. The van der Waals surface area contributed by atoms with Crippen molar-refractivity contribution in [2.75, 3.05) is 4.90 Å². The largest absolute Gasteiger partial charge is 0.456 e. The maximum Gasteiger partial charge on any atom is 0.136 e. The van der Waals surface area contributed by atoms with Crippen molar-refractivity contribution in [1.82, 2.24) is 0 Å². The van der Waals surface area contributed by atoms with Gasteiger partial charge in [-0.1, -0.05) is 115 Å². The van der Waals surface area contributed by atoms with E-state index in [2.05, 4.69) is 175 Å². The van der Waals surface area contributed by atoms with Gasteiger partial charge in [0.2, 0.25) is 0 Å². The first-order chi connectivity index (χ1) is 23.8. The van der Waals surface area contributed by atoms with Gasteiger partial charge in [0.25, 0.3) is 0 Å². The molecule has 0 aliphatic rings. The van der Waals surface area contributed by atoms with E-state index in [1.165, 1.54) is 59.6 Å². The molecule has 1 heterocycles. The van der Waals surface area contributed by atoms with Crippen LogP contribution < -0.4 is 4.90 Å². The SMILES string of the molecule is c1ccc(N(c2ccc(-c3ccc4ccccc4c3)cc2)c2ccc3c4ccccc4c4c(ccc5oc6ccccc6c54)c3c2)cc1. The highest BCUT2D eigenvalue weighted by Crippen LogP contribution is 2.44. The van der Waals surface area contributed by atoms with Crippen molar-refractivity contribution in [3.05, 3.63) is 176 Å². The van der Waals surface area contributed by atoms with E-state index in [1.54, 1.807) is 0 Å². The molecule has 2 heteroatoms. The zero-order chi connectivity index (χ0) is 31.6. The first-order valence-electron chi connectivity index (χ1n) is 16.4. The van der Waals surface area contributed by atoms with Crippen molar-refractivity contribution >= 4 is 82.1 Å². The first-order valence-corrected chi connectivity index (χ1v) is 16.4. The summed E-state index contributed by atoms with van der Waals surface area (Å²) in [6, 6.07) is 63.3. The van der Waals surface area contributed by atoms with Gasteiger partial charge in [-0.15, -0.1) is 0 Å². The molecular weight excluding hydrogens is 583 g/mol. The lowest BCUT2D eigenvalue weighted by atomic mass is 9.91. The van der Waals surface area contributed by atoms with Crippen LogP contribution in [0.25, 0.3) is 76.2 Å². The molecule has 0 fully saturated rings. The fourth-order valence-corrected chi connectivity index (χ4v) is 7.58. The molecule has 0 aliphatic heterocycles. The summed E-state index contributed by atoms with van der Waals surface area (Å²) in [5.41, 5.74) is 7.59. The number of hydrogen-bond acceptors (Lipinski definition) is 2. The van der Waals surface area contributed by atoms with Gasteiger partial charge in [0, 0.05) is 33.2 Å². The average molecular weight is 612 g/mol. The van der Waals surface area contributed by atoms with Crippen molar-refractivity contribution in [3.8, 4) is 11.1 Å². The fraction of sp³-hybridized carbons (Fsp3) is 0. The molecule has 0 saturated carbocycles. The van der Waals surface area contributed by atoms with E-state index in [9.17, 15) is 0 Å². The Morgan fingerprint density at radius 2 is 0.917 bits per heavy atom. The molecule has 10 rings (SSSR count). The van der Waals surface area contributed by atoms with Crippen molar-refractivity contribution in [3.63, 3.8) is 0 Å². The van der Waals surface area contributed by atoms with Crippen LogP contribution in [-0.2, 0) is 0 Å². The van der Waals surface area contributed by atoms with Crippen LogP contribution >= 0.6 is 0 Å². The quantitative estimate of drug-likeness (QED) is 0.184. The normalized spacial score (nSPS) is 11.8. The molecule has 0 amide bonds. The lowest BCUT2D eigenvalue weighted by molar-refractivity contribution is 0.669. The second-order valence-electron chi connectivity index (χ2n) is 12.5. The Hall–Kier alpha value is -6.38. The number of benzene rings is 9. The van der Waals surface area contributed by atoms with Gasteiger partial charge >= 0.3 is 0 Å². The number of para-hydroxylation sites is 2. The molecule has 9 aromatic carbocycles. The molecule has 0 atom stereocenters. The zero-order valence-electron chi connectivity index (χ0n) is 26.1. The van der Waals surface area contributed by atoms with E-state index in [1.807, 2.05) is 6.07 Å². The van der Waals surface area contributed by atoms with Crippen molar-refractivity contribution < 1.29 is 4.42 Å². The van der Waals surface area contributed by atoms with Gasteiger partial charge in [-0.2, -0.15) is 0 Å². The third-order valence-electron chi connectivity index (χ3n) is 9.80. The van der Waals surface area contributed by atoms with E-state index in [4.69, 9.17) is 4.42 Å². The summed E-state index contributed by atoms with van der Waals surface area (Å²) in [7, 11) is 0. The van der Waals surface area contributed by atoms with E-state index >= 15 is 0 Å². The topological polar surface area (TPSA) is 16.4 Å². The van der Waals surface area contributed by atoms with Crippen LogP contribution in [0.5, 0.6) is 0 Å². The molecular formula is C46H29NO. The standard InChI is InChI=1S/C46H29NO/c1-2-12-34(13-3-1)47(35-22-20-31(21-23-35)33-19-18-30-10-4-5-11-32(30)28-33)36-24-25-38-37-14-6-7-15-39(37)45-40(42(38)29-36)26-27-44-46(45)41-16-8-9-17-43(41)48-44/h1-29H. The minimum absolute atomic E-state index is 0.917. The molecule has 48 heavy (non-hydrogen) atoms. The molecule has 0 aliphatic carbocycles. The average Bonchev–Trinajstić information content (AvgIpc) is 3.54. The van der Waals surface area contributed by atoms with Gasteiger partial charge in [0.1, 0.15) is 11.2 Å². The first kappa shape index (κ1) is 26.8. The Bertz CT molecular complexity index is 2830. The van der Waals surface area contributed by atoms with Crippen LogP contribution in [-0.4, -0.2) is 0 Å². The van der Waals surface area contributed by atoms with Crippen LogP contribution in [0.3, 0.4) is 0 Å².